The highest BCUT2D eigenvalue weighted by molar-refractivity contribution is 7.26. The lowest BCUT2D eigenvalue weighted by Crippen LogP contribution is -2.00. The fourth-order valence-electron chi connectivity index (χ4n) is 1.77. The predicted octanol–water partition coefficient (Wildman–Crippen LogP) is 3.63. The van der Waals surface area contributed by atoms with Gasteiger partial charge in [0.15, 0.2) is 0 Å². The molecule has 0 amide bonds. The minimum Gasteiger partial charge on any atom is -0.387 e. The third-order valence-corrected chi connectivity index (χ3v) is 4.81. The minimum absolute atomic E-state index is 0.450. The Balaban J connectivity index is 1.82. The molecule has 1 N–H and O–H groups in total. The average Bonchev–Trinajstić information content (AvgIpc) is 2.90. The van der Waals surface area contributed by atoms with E-state index in [1.54, 1.807) is 28.9 Å². The Morgan fingerprint density at radius 3 is 2.94 bits per heavy atom. The lowest BCUT2D eigenvalue weighted by Gasteiger charge is -2.07. The molecule has 0 saturated heterocycles. The number of aromatic nitrogens is 1. The van der Waals surface area contributed by atoms with Crippen LogP contribution in [0.1, 0.15) is 16.7 Å². The monoisotopic (exact) mass is 261 g/mol. The number of hydrogen-bond donors (Lipinski definition) is 1. The summed E-state index contributed by atoms with van der Waals surface area (Å²) in [6.07, 6.45) is 1.89. The van der Waals surface area contributed by atoms with Crippen molar-refractivity contribution in [1.29, 1.82) is 0 Å². The van der Waals surface area contributed by atoms with Crippen LogP contribution >= 0.6 is 22.7 Å². The van der Waals surface area contributed by atoms with E-state index >= 15 is 0 Å². The van der Waals surface area contributed by atoms with Gasteiger partial charge in [0.1, 0.15) is 0 Å². The molecule has 0 bridgehead atoms. The molecule has 17 heavy (non-hydrogen) atoms. The Kier molecular flexibility index (Phi) is 2.93. The molecule has 4 heteroatoms. The van der Waals surface area contributed by atoms with Crippen molar-refractivity contribution in [3.63, 3.8) is 0 Å². The van der Waals surface area contributed by atoms with Gasteiger partial charge in [0.2, 0.25) is 0 Å². The van der Waals surface area contributed by atoms with Crippen LogP contribution in [0.25, 0.3) is 9.40 Å². The van der Waals surface area contributed by atoms with E-state index in [9.17, 15) is 5.11 Å². The van der Waals surface area contributed by atoms with Crippen molar-refractivity contribution in [2.24, 2.45) is 0 Å². The number of nitrogens with zero attached hydrogens (tertiary/aromatic N) is 1. The first-order valence-electron chi connectivity index (χ1n) is 5.38. The molecule has 86 valence electrons. The van der Waals surface area contributed by atoms with E-state index in [1.165, 1.54) is 9.40 Å². The van der Waals surface area contributed by atoms with Crippen molar-refractivity contribution >= 4 is 32.1 Å². The highest BCUT2D eigenvalue weighted by Crippen LogP contribution is 2.34. The van der Waals surface area contributed by atoms with Crippen LogP contribution in [0.15, 0.2) is 41.9 Å². The van der Waals surface area contributed by atoms with Gasteiger partial charge >= 0.3 is 0 Å². The van der Waals surface area contributed by atoms with E-state index in [1.807, 2.05) is 18.2 Å². The summed E-state index contributed by atoms with van der Waals surface area (Å²) in [5.74, 6) is 0. The minimum atomic E-state index is -0.450. The molecular formula is C13H11NOS2. The Hall–Kier alpha value is -1.23. The average molecular weight is 261 g/mol. The Bertz CT molecular complexity index is 586. The zero-order valence-corrected chi connectivity index (χ0v) is 10.7. The summed E-state index contributed by atoms with van der Waals surface area (Å²) in [4.78, 5) is 5.26. The van der Waals surface area contributed by atoms with Crippen LogP contribution in [0.2, 0.25) is 0 Å². The fraction of sp³-hybridized carbons (Fsp3) is 0.154. The number of hydrogen-bond acceptors (Lipinski definition) is 4. The Morgan fingerprint density at radius 1 is 1.24 bits per heavy atom. The second kappa shape index (κ2) is 4.56. The van der Waals surface area contributed by atoms with Crippen LogP contribution in [-0.4, -0.2) is 10.1 Å². The Morgan fingerprint density at radius 2 is 2.18 bits per heavy atom. The number of aliphatic hydroxyl groups excluding tert-OH is 1. The quantitative estimate of drug-likeness (QED) is 0.781. The van der Waals surface area contributed by atoms with E-state index in [0.29, 0.717) is 6.42 Å². The van der Waals surface area contributed by atoms with Gasteiger partial charge < -0.3 is 5.11 Å². The lowest BCUT2D eigenvalue weighted by atomic mass is 10.1. The van der Waals surface area contributed by atoms with Crippen LogP contribution in [-0.2, 0) is 6.42 Å². The summed E-state index contributed by atoms with van der Waals surface area (Å²) in [5.41, 5.74) is 0.928. The van der Waals surface area contributed by atoms with E-state index in [-0.39, 0.29) is 0 Å². The zero-order valence-electron chi connectivity index (χ0n) is 9.04. The molecule has 0 spiro atoms. The third kappa shape index (κ3) is 2.24. The molecule has 0 aliphatic heterocycles. The summed E-state index contributed by atoms with van der Waals surface area (Å²) < 4.78 is 2.51. The first kappa shape index (κ1) is 10.9. The number of thiophene rings is 2. The van der Waals surface area contributed by atoms with E-state index in [4.69, 9.17) is 0 Å². The summed E-state index contributed by atoms with van der Waals surface area (Å²) in [5, 5.41) is 12.2. The third-order valence-electron chi connectivity index (χ3n) is 2.62. The molecule has 1 unspecified atom stereocenters. The van der Waals surface area contributed by atoms with Gasteiger partial charge in [-0.2, -0.15) is 0 Å². The van der Waals surface area contributed by atoms with Gasteiger partial charge in [0, 0.05) is 32.6 Å². The molecule has 0 aromatic carbocycles. The maximum atomic E-state index is 10.2. The number of rotatable bonds is 3. The normalized spacial score (nSPS) is 13.0. The smallest absolute Gasteiger partial charge is 0.0937 e. The van der Waals surface area contributed by atoms with Gasteiger partial charge in [-0.15, -0.1) is 22.7 Å². The number of pyridine rings is 1. The van der Waals surface area contributed by atoms with Crippen molar-refractivity contribution in [2.45, 2.75) is 12.5 Å². The highest BCUT2D eigenvalue weighted by atomic mass is 32.1. The lowest BCUT2D eigenvalue weighted by molar-refractivity contribution is 0.181. The molecule has 1 atom stereocenters. The second-order valence-electron chi connectivity index (χ2n) is 3.84. The van der Waals surface area contributed by atoms with Crippen LogP contribution < -0.4 is 0 Å². The van der Waals surface area contributed by atoms with Crippen molar-refractivity contribution in [1.82, 2.24) is 4.98 Å². The molecular weight excluding hydrogens is 250 g/mol. The van der Waals surface area contributed by atoms with Crippen molar-refractivity contribution in [2.75, 3.05) is 0 Å². The molecule has 3 heterocycles. The van der Waals surface area contributed by atoms with Crippen LogP contribution in [0, 0.1) is 0 Å². The summed E-state index contributed by atoms with van der Waals surface area (Å²) >= 11 is 3.38. The van der Waals surface area contributed by atoms with Gasteiger partial charge in [-0.3, -0.25) is 4.98 Å². The van der Waals surface area contributed by atoms with Crippen molar-refractivity contribution in [3.05, 3.63) is 52.5 Å². The fourth-order valence-corrected chi connectivity index (χ4v) is 3.87. The zero-order chi connectivity index (χ0) is 11.7. The summed E-state index contributed by atoms with van der Waals surface area (Å²) in [7, 11) is 0. The molecule has 0 aliphatic carbocycles. The molecule has 2 nitrogen and oxygen atoms in total. The molecule has 3 aromatic heterocycles. The van der Waals surface area contributed by atoms with E-state index < -0.39 is 6.10 Å². The first-order chi connectivity index (χ1) is 8.33. The van der Waals surface area contributed by atoms with Crippen molar-refractivity contribution in [3.8, 4) is 0 Å². The molecule has 0 aliphatic rings. The SMILES string of the molecule is OC(Cc1ccccn1)c1cc2sccc2s1. The van der Waals surface area contributed by atoms with Crippen LogP contribution in [0.3, 0.4) is 0 Å². The molecule has 3 aromatic rings. The Labute approximate surface area is 107 Å². The second-order valence-corrected chi connectivity index (χ2v) is 5.90. The molecule has 0 fully saturated rings. The molecule has 0 radical (unpaired) electrons. The molecule has 0 saturated carbocycles. The van der Waals surface area contributed by atoms with Gasteiger partial charge in [-0.05, 0) is 29.6 Å². The molecule has 3 rings (SSSR count). The maximum Gasteiger partial charge on any atom is 0.0937 e. The van der Waals surface area contributed by atoms with Gasteiger partial charge in [0.05, 0.1) is 6.10 Å². The standard InChI is InChI=1S/C13H11NOS2/c15-10(7-9-3-1-2-5-14-9)12-8-13-11(17-12)4-6-16-13/h1-6,8,10,15H,7H2. The van der Waals surface area contributed by atoms with Crippen LogP contribution in [0.5, 0.6) is 0 Å². The number of aliphatic hydroxyl groups is 1. The van der Waals surface area contributed by atoms with Crippen molar-refractivity contribution < 1.29 is 5.11 Å². The van der Waals surface area contributed by atoms with E-state index in [2.05, 4.69) is 22.5 Å². The summed E-state index contributed by atoms with van der Waals surface area (Å²) in [6, 6.07) is 9.96. The van der Waals surface area contributed by atoms with Gasteiger partial charge in [-0.25, -0.2) is 0 Å². The van der Waals surface area contributed by atoms with Gasteiger partial charge in [0.25, 0.3) is 0 Å². The first-order valence-corrected chi connectivity index (χ1v) is 7.07. The maximum absolute atomic E-state index is 10.2. The topological polar surface area (TPSA) is 33.1 Å². The van der Waals surface area contributed by atoms with E-state index in [0.717, 1.165) is 10.6 Å². The van der Waals surface area contributed by atoms with Gasteiger partial charge in [-0.1, -0.05) is 6.07 Å². The number of fused-ring (bicyclic) bond motifs is 1. The highest BCUT2D eigenvalue weighted by Gasteiger charge is 2.13. The van der Waals surface area contributed by atoms with Crippen LogP contribution in [0.4, 0.5) is 0 Å². The largest absolute Gasteiger partial charge is 0.387 e. The predicted molar refractivity (Wildman–Crippen MR) is 72.6 cm³/mol. The summed E-state index contributed by atoms with van der Waals surface area (Å²) in [6.45, 7) is 0.